The Hall–Kier alpha value is -2.04. The van der Waals surface area contributed by atoms with Crippen molar-refractivity contribution >= 4 is 5.96 Å². The highest BCUT2D eigenvalue weighted by molar-refractivity contribution is 5.79. The van der Waals surface area contributed by atoms with Crippen LogP contribution in [0.15, 0.2) is 41.4 Å². The average Bonchev–Trinajstić information content (AvgIpc) is 2.52. The van der Waals surface area contributed by atoms with E-state index in [-0.39, 0.29) is 11.6 Å². The number of para-hydroxylation sites is 1. The van der Waals surface area contributed by atoms with Crippen LogP contribution in [0.5, 0.6) is 5.75 Å². The number of hydrogen-bond acceptors (Lipinski definition) is 2. The zero-order valence-corrected chi connectivity index (χ0v) is 13.7. The molecular formula is C17H26FN3O. The van der Waals surface area contributed by atoms with Crippen molar-refractivity contribution in [2.75, 3.05) is 33.3 Å². The van der Waals surface area contributed by atoms with Gasteiger partial charge in [-0.25, -0.2) is 4.39 Å². The van der Waals surface area contributed by atoms with Crippen molar-refractivity contribution in [3.05, 3.63) is 42.2 Å². The van der Waals surface area contributed by atoms with Crippen LogP contribution in [0.1, 0.15) is 20.3 Å². The fourth-order valence-electron chi connectivity index (χ4n) is 1.84. The first-order valence-corrected chi connectivity index (χ1v) is 7.67. The summed E-state index contributed by atoms with van der Waals surface area (Å²) in [4.78, 5) is 6.53. The molecule has 1 rings (SSSR count). The standard InChI is InChI=1S/C17H26FN3O/c1-4-6-9-12-20-17(19-5-2)21(3)13-14-22-16-11-8-7-10-15(16)18/h4,6-8,10-11H,5,9,12-14H2,1-3H3,(H,19,20)/b6-4+. The van der Waals surface area contributed by atoms with Crippen molar-refractivity contribution < 1.29 is 9.13 Å². The third-order valence-corrected chi connectivity index (χ3v) is 3.01. The first-order valence-electron chi connectivity index (χ1n) is 7.67. The van der Waals surface area contributed by atoms with Crippen molar-refractivity contribution in [3.63, 3.8) is 0 Å². The number of guanidine groups is 1. The van der Waals surface area contributed by atoms with Gasteiger partial charge in [0.15, 0.2) is 17.5 Å². The quantitative estimate of drug-likeness (QED) is 0.347. The van der Waals surface area contributed by atoms with Crippen molar-refractivity contribution in [3.8, 4) is 5.75 Å². The van der Waals surface area contributed by atoms with Crippen LogP contribution < -0.4 is 10.1 Å². The lowest BCUT2D eigenvalue weighted by Crippen LogP contribution is -2.41. The number of allylic oxidation sites excluding steroid dienone is 1. The predicted octanol–water partition coefficient (Wildman–Crippen LogP) is 3.07. The van der Waals surface area contributed by atoms with Gasteiger partial charge in [0.05, 0.1) is 6.54 Å². The summed E-state index contributed by atoms with van der Waals surface area (Å²) in [5, 5.41) is 3.24. The molecule has 0 spiro atoms. The first-order chi connectivity index (χ1) is 10.7. The van der Waals surface area contributed by atoms with E-state index < -0.39 is 0 Å². The van der Waals surface area contributed by atoms with Gasteiger partial charge >= 0.3 is 0 Å². The summed E-state index contributed by atoms with van der Waals surface area (Å²) >= 11 is 0. The van der Waals surface area contributed by atoms with E-state index in [1.54, 1.807) is 18.2 Å². The van der Waals surface area contributed by atoms with Gasteiger partial charge in [0.2, 0.25) is 0 Å². The molecule has 0 aromatic heterocycles. The molecule has 0 aliphatic rings. The summed E-state index contributed by atoms with van der Waals surface area (Å²) < 4.78 is 18.9. The molecule has 0 saturated carbocycles. The zero-order chi connectivity index (χ0) is 16.2. The highest BCUT2D eigenvalue weighted by Gasteiger charge is 2.06. The Labute approximate surface area is 132 Å². The normalized spacial score (nSPS) is 11.7. The SMILES string of the molecule is C/C=C/CCN=C(NCC)N(C)CCOc1ccccc1F. The summed E-state index contributed by atoms with van der Waals surface area (Å²) in [5.41, 5.74) is 0. The Kier molecular flexibility index (Phi) is 8.72. The summed E-state index contributed by atoms with van der Waals surface area (Å²) in [6, 6.07) is 6.43. The van der Waals surface area contributed by atoms with E-state index in [0.29, 0.717) is 13.2 Å². The van der Waals surface area contributed by atoms with Crippen molar-refractivity contribution in [2.24, 2.45) is 4.99 Å². The van der Waals surface area contributed by atoms with Gasteiger partial charge in [-0.3, -0.25) is 4.99 Å². The van der Waals surface area contributed by atoms with Crippen LogP contribution in [0, 0.1) is 5.82 Å². The molecule has 0 fully saturated rings. The molecule has 4 nitrogen and oxygen atoms in total. The molecule has 1 aromatic carbocycles. The van der Waals surface area contributed by atoms with E-state index in [4.69, 9.17) is 4.74 Å². The Bertz CT molecular complexity index is 489. The largest absolute Gasteiger partial charge is 0.489 e. The third kappa shape index (κ3) is 6.61. The van der Waals surface area contributed by atoms with E-state index >= 15 is 0 Å². The van der Waals surface area contributed by atoms with Crippen molar-refractivity contribution in [1.29, 1.82) is 0 Å². The topological polar surface area (TPSA) is 36.9 Å². The minimum absolute atomic E-state index is 0.283. The van der Waals surface area contributed by atoms with Crippen LogP contribution in [-0.4, -0.2) is 44.1 Å². The number of ether oxygens (including phenoxy) is 1. The van der Waals surface area contributed by atoms with Crippen molar-refractivity contribution in [2.45, 2.75) is 20.3 Å². The Balaban J connectivity index is 2.45. The highest BCUT2D eigenvalue weighted by Crippen LogP contribution is 2.14. The van der Waals surface area contributed by atoms with Gasteiger partial charge in [0.25, 0.3) is 0 Å². The molecule has 0 amide bonds. The lowest BCUT2D eigenvalue weighted by molar-refractivity contribution is 0.270. The number of nitrogens with zero attached hydrogens (tertiary/aromatic N) is 2. The number of halogens is 1. The fourth-order valence-corrected chi connectivity index (χ4v) is 1.84. The van der Waals surface area contributed by atoms with Crippen LogP contribution in [0.4, 0.5) is 4.39 Å². The maximum absolute atomic E-state index is 13.5. The number of aliphatic imine (C=N–C) groups is 1. The van der Waals surface area contributed by atoms with Crippen molar-refractivity contribution in [1.82, 2.24) is 10.2 Å². The van der Waals surface area contributed by atoms with Crippen LogP contribution in [0.3, 0.4) is 0 Å². The maximum atomic E-state index is 13.5. The van der Waals surface area contributed by atoms with E-state index in [0.717, 1.165) is 25.5 Å². The van der Waals surface area contributed by atoms with E-state index in [2.05, 4.69) is 16.4 Å². The van der Waals surface area contributed by atoms with E-state index in [1.165, 1.54) is 6.07 Å². The molecule has 0 aliphatic carbocycles. The van der Waals surface area contributed by atoms with Crippen LogP contribution in [-0.2, 0) is 0 Å². The second-order valence-electron chi connectivity index (χ2n) is 4.79. The minimum Gasteiger partial charge on any atom is -0.489 e. The number of rotatable bonds is 8. The number of benzene rings is 1. The monoisotopic (exact) mass is 307 g/mol. The molecule has 1 N–H and O–H groups in total. The number of likely N-dealkylation sites (N-methyl/N-ethyl adjacent to an activating group) is 1. The summed E-state index contributed by atoms with van der Waals surface area (Å²) in [7, 11) is 1.95. The summed E-state index contributed by atoms with van der Waals surface area (Å²) in [5.74, 6) is 0.784. The third-order valence-electron chi connectivity index (χ3n) is 3.01. The smallest absolute Gasteiger partial charge is 0.193 e. The fraction of sp³-hybridized carbons (Fsp3) is 0.471. The highest BCUT2D eigenvalue weighted by atomic mass is 19.1. The Morgan fingerprint density at radius 1 is 1.41 bits per heavy atom. The second kappa shape index (κ2) is 10.7. The lowest BCUT2D eigenvalue weighted by Gasteiger charge is -2.22. The summed E-state index contributed by atoms with van der Waals surface area (Å²) in [6.07, 6.45) is 5.04. The molecule has 5 heteroatoms. The molecule has 22 heavy (non-hydrogen) atoms. The maximum Gasteiger partial charge on any atom is 0.193 e. The van der Waals surface area contributed by atoms with Gasteiger partial charge in [0.1, 0.15) is 6.61 Å². The van der Waals surface area contributed by atoms with Crippen LogP contribution in [0.2, 0.25) is 0 Å². The first kappa shape index (κ1) is 18.0. The van der Waals surface area contributed by atoms with Gasteiger partial charge in [0, 0.05) is 20.1 Å². The van der Waals surface area contributed by atoms with E-state index in [1.807, 2.05) is 31.9 Å². The molecule has 0 atom stereocenters. The Morgan fingerprint density at radius 2 is 2.18 bits per heavy atom. The zero-order valence-electron chi connectivity index (χ0n) is 13.7. The van der Waals surface area contributed by atoms with Gasteiger partial charge in [-0.2, -0.15) is 0 Å². The number of nitrogens with one attached hydrogen (secondary N) is 1. The molecule has 0 radical (unpaired) electrons. The van der Waals surface area contributed by atoms with Gasteiger partial charge < -0.3 is 15.0 Å². The van der Waals surface area contributed by atoms with Gasteiger partial charge in [-0.15, -0.1) is 0 Å². The molecule has 0 aliphatic heterocycles. The summed E-state index contributed by atoms with van der Waals surface area (Å²) in [6.45, 7) is 6.61. The van der Waals surface area contributed by atoms with Crippen LogP contribution >= 0.6 is 0 Å². The van der Waals surface area contributed by atoms with Gasteiger partial charge in [-0.05, 0) is 32.4 Å². The molecule has 1 aromatic rings. The molecule has 0 heterocycles. The minimum atomic E-state index is -0.336. The average molecular weight is 307 g/mol. The van der Waals surface area contributed by atoms with Crippen LogP contribution in [0.25, 0.3) is 0 Å². The second-order valence-corrected chi connectivity index (χ2v) is 4.79. The molecule has 0 bridgehead atoms. The van der Waals surface area contributed by atoms with Gasteiger partial charge in [-0.1, -0.05) is 24.3 Å². The molecule has 122 valence electrons. The predicted molar refractivity (Wildman–Crippen MR) is 89.9 cm³/mol. The molecular weight excluding hydrogens is 281 g/mol. The van der Waals surface area contributed by atoms with E-state index in [9.17, 15) is 4.39 Å². The molecule has 0 saturated heterocycles. The Morgan fingerprint density at radius 3 is 2.86 bits per heavy atom. The number of hydrogen-bond donors (Lipinski definition) is 1. The lowest BCUT2D eigenvalue weighted by atomic mass is 10.3. The molecule has 0 unspecified atom stereocenters.